The van der Waals surface area contributed by atoms with Gasteiger partial charge in [-0.15, -0.1) is 0 Å². The molecule has 1 aliphatic rings. The Morgan fingerprint density at radius 3 is 2.76 bits per heavy atom. The van der Waals surface area contributed by atoms with E-state index in [1.807, 2.05) is 6.92 Å². The Bertz CT molecular complexity index is 315. The summed E-state index contributed by atoms with van der Waals surface area (Å²) in [5, 5.41) is 0. The maximum atomic E-state index is 11.3. The number of ether oxygens (including phenoxy) is 3. The summed E-state index contributed by atoms with van der Waals surface area (Å²) in [4.78, 5) is 22.4. The van der Waals surface area contributed by atoms with Crippen LogP contribution in [0.25, 0.3) is 0 Å². The van der Waals surface area contributed by atoms with Gasteiger partial charge in [0.25, 0.3) is 0 Å². The molecule has 0 spiro atoms. The predicted molar refractivity (Wildman–Crippen MR) is 63.5 cm³/mol. The molecule has 1 fully saturated rings. The molecular formula is C11H16O5S. The molecule has 0 aromatic carbocycles. The summed E-state index contributed by atoms with van der Waals surface area (Å²) in [5.41, 5.74) is 0.246. The largest absolute Gasteiger partial charge is 0.450 e. The monoisotopic (exact) mass is 260 g/mol. The van der Waals surface area contributed by atoms with E-state index < -0.39 is 24.8 Å². The highest BCUT2D eigenvalue weighted by Crippen LogP contribution is 2.18. The van der Waals surface area contributed by atoms with Gasteiger partial charge in [0.05, 0.1) is 11.9 Å². The molecule has 1 rings (SSSR count). The van der Waals surface area contributed by atoms with Crippen molar-refractivity contribution < 1.29 is 23.8 Å². The summed E-state index contributed by atoms with van der Waals surface area (Å²) in [5.74, 6) is 0.275. The molecule has 0 aromatic heterocycles. The summed E-state index contributed by atoms with van der Waals surface area (Å²) < 4.78 is 15.1. The first kappa shape index (κ1) is 14.1. The number of hydrogen-bond acceptors (Lipinski definition) is 6. The second kappa shape index (κ2) is 6.66. The summed E-state index contributed by atoms with van der Waals surface area (Å²) >= 11 is 1.66. The van der Waals surface area contributed by atoms with E-state index in [-0.39, 0.29) is 11.7 Å². The lowest BCUT2D eigenvalue weighted by Crippen LogP contribution is -2.34. The van der Waals surface area contributed by atoms with Crippen molar-refractivity contribution in [1.29, 1.82) is 0 Å². The molecule has 0 bridgehead atoms. The maximum absolute atomic E-state index is 11.3. The van der Waals surface area contributed by atoms with Crippen LogP contribution >= 0.6 is 11.8 Å². The smallest absolute Gasteiger partial charge is 0.346 e. The van der Waals surface area contributed by atoms with Gasteiger partial charge in [0.1, 0.15) is 0 Å². The van der Waals surface area contributed by atoms with Crippen LogP contribution < -0.4 is 0 Å². The van der Waals surface area contributed by atoms with Crippen LogP contribution in [-0.2, 0) is 23.8 Å². The van der Waals surface area contributed by atoms with Crippen LogP contribution in [0.5, 0.6) is 0 Å². The Balaban J connectivity index is 2.25. The van der Waals surface area contributed by atoms with E-state index in [0.29, 0.717) is 5.75 Å². The average Bonchev–Trinajstić information content (AvgIpc) is 2.25. The van der Waals surface area contributed by atoms with Gasteiger partial charge in [0.2, 0.25) is 6.29 Å². The van der Waals surface area contributed by atoms with Crippen LogP contribution in [0.2, 0.25) is 0 Å². The Morgan fingerprint density at radius 1 is 1.47 bits per heavy atom. The van der Waals surface area contributed by atoms with E-state index in [1.165, 1.54) is 6.92 Å². The maximum Gasteiger partial charge on any atom is 0.346 e. The summed E-state index contributed by atoms with van der Waals surface area (Å²) in [7, 11) is 0. The number of hydrogen-bond donors (Lipinski definition) is 0. The van der Waals surface area contributed by atoms with Crippen LogP contribution in [-0.4, -0.2) is 42.4 Å². The highest BCUT2D eigenvalue weighted by Gasteiger charge is 2.23. The highest BCUT2D eigenvalue weighted by molar-refractivity contribution is 7.99. The topological polar surface area (TPSA) is 61.8 Å². The van der Waals surface area contributed by atoms with Gasteiger partial charge in [-0.1, -0.05) is 6.58 Å². The molecule has 5 nitrogen and oxygen atoms in total. The van der Waals surface area contributed by atoms with Crippen molar-refractivity contribution in [1.82, 2.24) is 0 Å². The minimum absolute atomic E-state index is 0.0597. The van der Waals surface area contributed by atoms with Crippen molar-refractivity contribution in [2.45, 2.75) is 26.2 Å². The molecule has 1 heterocycles. The lowest BCUT2D eigenvalue weighted by Gasteiger charge is -2.26. The SMILES string of the molecule is C=C(C)C(=O)OCC(=O)O[C@@H]1CSC[C@@H](C)O1. The molecule has 0 aromatic rings. The first-order valence-corrected chi connectivity index (χ1v) is 6.40. The second-order valence-electron chi connectivity index (χ2n) is 3.76. The molecule has 17 heavy (non-hydrogen) atoms. The minimum Gasteiger partial charge on any atom is -0.450 e. The van der Waals surface area contributed by atoms with Gasteiger partial charge >= 0.3 is 11.9 Å². The van der Waals surface area contributed by atoms with Crippen molar-refractivity contribution >= 4 is 23.7 Å². The van der Waals surface area contributed by atoms with E-state index in [9.17, 15) is 9.59 Å². The predicted octanol–water partition coefficient (Wildman–Crippen LogP) is 1.13. The van der Waals surface area contributed by atoms with Crippen LogP contribution in [0.1, 0.15) is 13.8 Å². The van der Waals surface area contributed by atoms with Gasteiger partial charge in [-0.05, 0) is 13.8 Å². The van der Waals surface area contributed by atoms with E-state index in [0.717, 1.165) is 5.75 Å². The number of carbonyl (C=O) groups excluding carboxylic acids is 2. The van der Waals surface area contributed by atoms with E-state index in [2.05, 4.69) is 11.3 Å². The number of esters is 2. The van der Waals surface area contributed by atoms with E-state index in [1.54, 1.807) is 11.8 Å². The van der Waals surface area contributed by atoms with Gasteiger partial charge < -0.3 is 14.2 Å². The van der Waals surface area contributed by atoms with Crippen molar-refractivity contribution in [3.8, 4) is 0 Å². The molecule has 0 unspecified atom stereocenters. The molecule has 0 N–H and O–H groups in total. The van der Waals surface area contributed by atoms with Gasteiger partial charge in [0.15, 0.2) is 6.61 Å². The Hall–Kier alpha value is -1.01. The van der Waals surface area contributed by atoms with Crippen molar-refractivity contribution in [2.24, 2.45) is 0 Å². The Morgan fingerprint density at radius 2 is 2.18 bits per heavy atom. The summed E-state index contributed by atoms with van der Waals surface area (Å²) in [6.07, 6.45) is -0.496. The third kappa shape index (κ3) is 5.23. The molecule has 96 valence electrons. The molecule has 0 saturated carbocycles. The van der Waals surface area contributed by atoms with Crippen molar-refractivity contribution in [3.05, 3.63) is 12.2 Å². The Kier molecular flexibility index (Phi) is 5.50. The molecule has 6 heteroatoms. The fraction of sp³-hybridized carbons (Fsp3) is 0.636. The Labute approximate surface area is 104 Å². The summed E-state index contributed by atoms with van der Waals surface area (Å²) in [6.45, 7) is 6.41. The van der Waals surface area contributed by atoms with Gasteiger partial charge in [-0.25, -0.2) is 9.59 Å². The van der Waals surface area contributed by atoms with E-state index >= 15 is 0 Å². The molecule has 1 saturated heterocycles. The lowest BCUT2D eigenvalue weighted by atomic mass is 10.4. The fourth-order valence-corrected chi connectivity index (χ4v) is 2.04. The number of rotatable bonds is 4. The molecular weight excluding hydrogens is 244 g/mol. The quantitative estimate of drug-likeness (QED) is 0.558. The minimum atomic E-state index is -0.612. The van der Waals surface area contributed by atoms with Gasteiger partial charge in [-0.3, -0.25) is 0 Å². The molecule has 0 amide bonds. The summed E-state index contributed by atoms with van der Waals surface area (Å²) in [6, 6.07) is 0. The van der Waals surface area contributed by atoms with Crippen LogP contribution in [0.4, 0.5) is 0 Å². The first-order chi connectivity index (χ1) is 7.99. The number of carbonyl (C=O) groups is 2. The molecule has 0 aliphatic carbocycles. The van der Waals surface area contributed by atoms with Gasteiger partial charge in [0, 0.05) is 11.3 Å². The molecule has 0 radical (unpaired) electrons. The third-order valence-corrected chi connectivity index (χ3v) is 3.14. The normalized spacial score (nSPS) is 23.9. The van der Waals surface area contributed by atoms with Gasteiger partial charge in [-0.2, -0.15) is 11.8 Å². The average molecular weight is 260 g/mol. The first-order valence-electron chi connectivity index (χ1n) is 5.24. The molecule has 1 aliphatic heterocycles. The van der Waals surface area contributed by atoms with Crippen LogP contribution in [0.3, 0.4) is 0 Å². The van der Waals surface area contributed by atoms with Crippen LogP contribution in [0.15, 0.2) is 12.2 Å². The lowest BCUT2D eigenvalue weighted by molar-refractivity contribution is -0.187. The van der Waals surface area contributed by atoms with Crippen molar-refractivity contribution in [2.75, 3.05) is 18.1 Å². The standard InChI is InChI=1S/C11H16O5S/c1-7(2)11(13)14-4-9(12)16-10-6-17-5-8(3)15-10/h8,10H,1,4-6H2,2-3H3/t8-,10-/m1/s1. The van der Waals surface area contributed by atoms with E-state index in [4.69, 9.17) is 9.47 Å². The zero-order valence-electron chi connectivity index (χ0n) is 9.93. The molecule has 2 atom stereocenters. The third-order valence-electron chi connectivity index (χ3n) is 1.92. The zero-order valence-corrected chi connectivity index (χ0v) is 10.7. The van der Waals surface area contributed by atoms with Crippen LogP contribution in [0, 0.1) is 0 Å². The zero-order chi connectivity index (χ0) is 12.8. The van der Waals surface area contributed by atoms with Crippen molar-refractivity contribution in [3.63, 3.8) is 0 Å². The second-order valence-corrected chi connectivity index (χ2v) is 4.83. The highest BCUT2D eigenvalue weighted by atomic mass is 32.2. The number of thioether (sulfide) groups is 1. The fourth-order valence-electron chi connectivity index (χ4n) is 1.16.